The Labute approximate surface area is 212 Å². The maximum Gasteiger partial charge on any atom is 0.166 e. The molecule has 5 nitrogen and oxygen atoms in total. The summed E-state index contributed by atoms with van der Waals surface area (Å²) in [5.74, 6) is 0.773. The lowest BCUT2D eigenvalue weighted by Gasteiger charge is -2.31. The summed E-state index contributed by atoms with van der Waals surface area (Å²) in [5.41, 5.74) is 3.22. The van der Waals surface area contributed by atoms with E-state index in [4.69, 9.17) is 18.9 Å². The van der Waals surface area contributed by atoms with Gasteiger partial charge in [-0.2, -0.15) is 0 Å². The topological polar surface area (TPSA) is 57.2 Å². The van der Waals surface area contributed by atoms with Gasteiger partial charge in [0.05, 0.1) is 33.0 Å². The van der Waals surface area contributed by atoms with Crippen LogP contribution in [0.4, 0.5) is 0 Å². The number of rotatable bonds is 13. The third kappa shape index (κ3) is 7.17. The van der Waals surface area contributed by atoms with Crippen LogP contribution in [0.3, 0.4) is 0 Å². The van der Waals surface area contributed by atoms with Crippen molar-refractivity contribution in [2.45, 2.75) is 50.0 Å². The molecule has 1 aliphatic heterocycles. The number of aliphatic hydroxyl groups is 1. The molecule has 0 amide bonds. The molecule has 0 aromatic heterocycles. The molecule has 0 saturated carbocycles. The van der Waals surface area contributed by atoms with Gasteiger partial charge in [-0.15, -0.1) is 11.8 Å². The zero-order valence-corrected chi connectivity index (χ0v) is 20.9. The van der Waals surface area contributed by atoms with Crippen molar-refractivity contribution in [3.63, 3.8) is 0 Å². The first-order valence-corrected chi connectivity index (χ1v) is 13.1. The second-order valence-corrected chi connectivity index (χ2v) is 10.1. The summed E-state index contributed by atoms with van der Waals surface area (Å²) in [7, 11) is 0. The van der Waals surface area contributed by atoms with Crippen molar-refractivity contribution < 1.29 is 24.1 Å². The minimum Gasteiger partial charge on any atom is -0.386 e. The molecule has 1 aliphatic rings. The van der Waals surface area contributed by atoms with E-state index in [2.05, 4.69) is 6.92 Å². The Kier molecular flexibility index (Phi) is 9.77. The lowest BCUT2D eigenvalue weighted by molar-refractivity contribution is -0.0930. The first-order chi connectivity index (χ1) is 17.2. The largest absolute Gasteiger partial charge is 0.386 e. The molecule has 0 bridgehead atoms. The Morgan fingerprint density at radius 3 is 1.83 bits per heavy atom. The fourth-order valence-corrected chi connectivity index (χ4v) is 5.37. The fourth-order valence-electron chi connectivity index (χ4n) is 4.22. The number of ether oxygens (including phenoxy) is 4. The van der Waals surface area contributed by atoms with Gasteiger partial charge in [0.15, 0.2) is 4.93 Å². The Bertz CT molecular complexity index is 988. The van der Waals surface area contributed by atoms with Gasteiger partial charge in [0, 0.05) is 0 Å². The molecule has 35 heavy (non-hydrogen) atoms. The van der Waals surface area contributed by atoms with Gasteiger partial charge < -0.3 is 24.1 Å². The summed E-state index contributed by atoms with van der Waals surface area (Å²) >= 11 is 1.56. The van der Waals surface area contributed by atoms with Crippen molar-refractivity contribution in [3.8, 4) is 0 Å². The zero-order chi connectivity index (χ0) is 24.3. The molecule has 4 rings (SSSR count). The fraction of sp³-hybridized carbons (Fsp3) is 0.379. The van der Waals surface area contributed by atoms with Crippen molar-refractivity contribution in [3.05, 3.63) is 108 Å². The summed E-state index contributed by atoms with van der Waals surface area (Å²) in [4.78, 5) is -0.925. The molecule has 4 atom stereocenters. The maximum atomic E-state index is 11.5. The van der Waals surface area contributed by atoms with Gasteiger partial charge in [-0.25, -0.2) is 0 Å². The second kappa shape index (κ2) is 13.2. The van der Waals surface area contributed by atoms with E-state index in [1.807, 2.05) is 91.0 Å². The van der Waals surface area contributed by atoms with Gasteiger partial charge >= 0.3 is 0 Å². The van der Waals surface area contributed by atoms with Crippen LogP contribution in [-0.2, 0) is 38.8 Å². The van der Waals surface area contributed by atoms with Crippen molar-refractivity contribution in [1.29, 1.82) is 0 Å². The van der Waals surface area contributed by atoms with Gasteiger partial charge in [0.1, 0.15) is 18.3 Å². The highest BCUT2D eigenvalue weighted by molar-refractivity contribution is 8.00. The SMILES string of the molecule is CCS[C@@]1(COCc2ccccc2)O[C@H](COCc2ccccc2)[C@@H](OCc2ccccc2)[C@@H]1O. The number of benzene rings is 3. The Morgan fingerprint density at radius 2 is 1.29 bits per heavy atom. The van der Waals surface area contributed by atoms with Crippen LogP contribution >= 0.6 is 11.8 Å². The molecule has 1 heterocycles. The average molecular weight is 495 g/mol. The van der Waals surface area contributed by atoms with Crippen molar-refractivity contribution >= 4 is 11.8 Å². The Hall–Kier alpha value is -2.19. The van der Waals surface area contributed by atoms with Crippen LogP contribution in [0.1, 0.15) is 23.6 Å². The molecular weight excluding hydrogens is 460 g/mol. The van der Waals surface area contributed by atoms with Gasteiger partial charge in [-0.1, -0.05) is 97.9 Å². The lowest BCUT2D eigenvalue weighted by atomic mass is 10.1. The minimum absolute atomic E-state index is 0.252. The molecule has 3 aromatic rings. The second-order valence-electron chi connectivity index (χ2n) is 8.59. The van der Waals surface area contributed by atoms with Crippen molar-refractivity contribution in [1.82, 2.24) is 0 Å². The Balaban J connectivity index is 1.44. The molecule has 0 spiro atoms. The van der Waals surface area contributed by atoms with Crippen LogP contribution < -0.4 is 0 Å². The van der Waals surface area contributed by atoms with E-state index in [1.165, 1.54) is 0 Å². The smallest absolute Gasteiger partial charge is 0.166 e. The molecular formula is C29H34O5S. The molecule has 0 aliphatic carbocycles. The highest BCUT2D eigenvalue weighted by Crippen LogP contribution is 2.42. The van der Waals surface area contributed by atoms with E-state index in [1.54, 1.807) is 11.8 Å². The van der Waals surface area contributed by atoms with E-state index < -0.39 is 23.2 Å². The number of hydrogen-bond donors (Lipinski definition) is 1. The lowest BCUT2D eigenvalue weighted by Crippen LogP contribution is -2.45. The predicted molar refractivity (Wildman–Crippen MR) is 139 cm³/mol. The maximum absolute atomic E-state index is 11.5. The van der Waals surface area contributed by atoms with E-state index in [-0.39, 0.29) is 6.61 Å². The van der Waals surface area contributed by atoms with Gasteiger partial charge in [-0.3, -0.25) is 0 Å². The molecule has 186 valence electrons. The quantitative estimate of drug-likeness (QED) is 0.352. The first-order valence-electron chi connectivity index (χ1n) is 12.1. The van der Waals surface area contributed by atoms with E-state index >= 15 is 0 Å². The molecule has 6 heteroatoms. The van der Waals surface area contributed by atoms with Gasteiger partial charge in [0.25, 0.3) is 0 Å². The van der Waals surface area contributed by atoms with Gasteiger partial charge in [-0.05, 0) is 22.4 Å². The normalized spacial score (nSPS) is 24.0. The highest BCUT2D eigenvalue weighted by Gasteiger charge is 2.55. The van der Waals surface area contributed by atoms with E-state index in [0.717, 1.165) is 22.4 Å². The van der Waals surface area contributed by atoms with E-state index in [9.17, 15) is 5.11 Å². The van der Waals surface area contributed by atoms with Crippen LogP contribution in [-0.4, -0.2) is 47.3 Å². The van der Waals surface area contributed by atoms with Crippen molar-refractivity contribution in [2.75, 3.05) is 19.0 Å². The summed E-state index contributed by atoms with van der Waals surface area (Å²) < 4.78 is 24.8. The monoisotopic (exact) mass is 494 g/mol. The van der Waals surface area contributed by atoms with Gasteiger partial charge in [0.2, 0.25) is 0 Å². The molecule has 3 aromatic carbocycles. The average Bonchev–Trinajstić information content (AvgIpc) is 3.15. The minimum atomic E-state index is -0.925. The Morgan fingerprint density at radius 1 is 0.771 bits per heavy atom. The molecule has 1 N–H and O–H groups in total. The molecule has 0 radical (unpaired) electrons. The summed E-state index contributed by atoms with van der Waals surface area (Å²) in [6.07, 6.45) is -1.82. The third-order valence-corrected chi connectivity index (χ3v) is 7.19. The van der Waals surface area contributed by atoms with Crippen LogP contribution in [0.5, 0.6) is 0 Å². The van der Waals surface area contributed by atoms with Crippen LogP contribution in [0.25, 0.3) is 0 Å². The summed E-state index contributed by atoms with van der Waals surface area (Å²) in [6, 6.07) is 30.0. The first kappa shape index (κ1) is 25.9. The number of aliphatic hydroxyl groups excluding tert-OH is 1. The molecule has 0 unspecified atom stereocenters. The third-order valence-electron chi connectivity index (χ3n) is 5.96. The standard InChI is InChI=1S/C29H34O5S/c1-2-35-29(22-32-19-24-14-8-4-9-15-24)28(30)27(33-20-25-16-10-5-11-17-25)26(34-29)21-31-18-23-12-6-3-7-13-23/h3-17,26-28,30H,2,18-22H2,1H3/t26-,27-,28+,29-/m1/s1. The predicted octanol–water partition coefficient (Wildman–Crippen LogP) is 5.21. The van der Waals surface area contributed by atoms with Crippen LogP contribution in [0, 0.1) is 0 Å². The van der Waals surface area contributed by atoms with Crippen molar-refractivity contribution in [2.24, 2.45) is 0 Å². The highest BCUT2D eigenvalue weighted by atomic mass is 32.2. The summed E-state index contributed by atoms with van der Waals surface area (Å²) in [6.45, 7) is 3.93. The van der Waals surface area contributed by atoms with Crippen LogP contribution in [0.15, 0.2) is 91.0 Å². The van der Waals surface area contributed by atoms with E-state index in [0.29, 0.717) is 26.4 Å². The zero-order valence-electron chi connectivity index (χ0n) is 20.1. The number of hydrogen-bond acceptors (Lipinski definition) is 6. The molecule has 1 fully saturated rings. The number of thioether (sulfide) groups is 1. The van der Waals surface area contributed by atoms with Crippen LogP contribution in [0.2, 0.25) is 0 Å². The summed E-state index contributed by atoms with van der Waals surface area (Å²) in [5, 5.41) is 11.5. The molecule has 1 saturated heterocycles.